The van der Waals surface area contributed by atoms with Gasteiger partial charge in [0.2, 0.25) is 5.91 Å². The molecule has 1 fully saturated rings. The summed E-state index contributed by atoms with van der Waals surface area (Å²) in [6.07, 6.45) is 6.23. The summed E-state index contributed by atoms with van der Waals surface area (Å²) in [5, 5.41) is 3.03. The first-order valence-corrected chi connectivity index (χ1v) is 7.62. The van der Waals surface area contributed by atoms with Crippen LogP contribution >= 0.6 is 0 Å². The monoisotopic (exact) mass is 278 g/mol. The van der Waals surface area contributed by atoms with Crippen molar-refractivity contribution in [1.29, 1.82) is 0 Å². The zero-order chi connectivity index (χ0) is 14.5. The van der Waals surface area contributed by atoms with E-state index in [9.17, 15) is 4.79 Å². The molecule has 1 N–H and O–H groups in total. The van der Waals surface area contributed by atoms with Gasteiger partial charge in [-0.1, -0.05) is 13.8 Å². The zero-order valence-electron chi connectivity index (χ0n) is 12.8. The lowest BCUT2D eigenvalue weighted by Gasteiger charge is -2.19. The van der Waals surface area contributed by atoms with E-state index in [1.165, 1.54) is 25.9 Å². The first-order valence-electron chi connectivity index (χ1n) is 7.62. The third-order valence-electron chi connectivity index (χ3n) is 3.94. The summed E-state index contributed by atoms with van der Waals surface area (Å²) in [4.78, 5) is 19.0. The van der Waals surface area contributed by atoms with E-state index in [0.29, 0.717) is 5.92 Å². The molecule has 0 bridgehead atoms. The molecule has 0 aliphatic carbocycles. The van der Waals surface area contributed by atoms with Crippen LogP contribution in [0.25, 0.3) is 0 Å². The van der Waals surface area contributed by atoms with E-state index >= 15 is 0 Å². The van der Waals surface area contributed by atoms with Gasteiger partial charge in [-0.15, -0.1) is 0 Å². The SMILES string of the molecule is CC(C)c1nccn1[C@H](C)C(=O)NCCN1CCCC1. The summed E-state index contributed by atoms with van der Waals surface area (Å²) in [5.41, 5.74) is 0. The Labute approximate surface area is 121 Å². The molecule has 0 unspecified atom stereocenters. The maximum absolute atomic E-state index is 12.2. The number of nitrogens with zero attached hydrogens (tertiary/aromatic N) is 3. The van der Waals surface area contributed by atoms with Crippen LogP contribution in [0.3, 0.4) is 0 Å². The second-order valence-corrected chi connectivity index (χ2v) is 5.86. The highest BCUT2D eigenvalue weighted by Crippen LogP contribution is 2.17. The molecule has 0 radical (unpaired) electrons. The third-order valence-corrected chi connectivity index (χ3v) is 3.94. The molecule has 2 heterocycles. The largest absolute Gasteiger partial charge is 0.353 e. The predicted molar refractivity (Wildman–Crippen MR) is 79.7 cm³/mol. The average molecular weight is 278 g/mol. The Morgan fingerprint density at radius 1 is 1.35 bits per heavy atom. The minimum absolute atomic E-state index is 0.0732. The fourth-order valence-corrected chi connectivity index (χ4v) is 2.72. The van der Waals surface area contributed by atoms with Crippen LogP contribution in [0.2, 0.25) is 0 Å². The minimum atomic E-state index is -0.200. The quantitative estimate of drug-likeness (QED) is 0.863. The van der Waals surface area contributed by atoms with Crippen LogP contribution in [0.4, 0.5) is 0 Å². The van der Waals surface area contributed by atoms with E-state index in [0.717, 1.165) is 18.9 Å². The van der Waals surface area contributed by atoms with Crippen LogP contribution in [-0.2, 0) is 4.79 Å². The van der Waals surface area contributed by atoms with Crippen LogP contribution in [0.1, 0.15) is 51.4 Å². The van der Waals surface area contributed by atoms with Crippen molar-refractivity contribution in [2.75, 3.05) is 26.2 Å². The fourth-order valence-electron chi connectivity index (χ4n) is 2.72. The fraction of sp³-hybridized carbons (Fsp3) is 0.733. The van der Waals surface area contributed by atoms with Crippen molar-refractivity contribution < 1.29 is 4.79 Å². The van der Waals surface area contributed by atoms with E-state index in [1.54, 1.807) is 6.20 Å². The summed E-state index contributed by atoms with van der Waals surface area (Å²) >= 11 is 0. The molecule has 1 aromatic heterocycles. The molecule has 20 heavy (non-hydrogen) atoms. The molecule has 1 atom stereocenters. The highest BCUT2D eigenvalue weighted by atomic mass is 16.2. The molecule has 2 rings (SSSR count). The van der Waals surface area contributed by atoms with Gasteiger partial charge in [0.15, 0.2) is 0 Å². The number of amides is 1. The first kappa shape index (κ1) is 15.0. The standard InChI is InChI=1S/C15H26N4O/c1-12(2)14-16-7-11-19(14)13(3)15(20)17-6-10-18-8-4-5-9-18/h7,11-13H,4-6,8-10H2,1-3H3,(H,17,20)/t13-/m1/s1. The van der Waals surface area contributed by atoms with Crippen molar-refractivity contribution in [3.05, 3.63) is 18.2 Å². The molecule has 1 saturated heterocycles. The third kappa shape index (κ3) is 3.60. The number of rotatable bonds is 6. The smallest absolute Gasteiger partial charge is 0.242 e. The topological polar surface area (TPSA) is 50.2 Å². The molecule has 5 heteroatoms. The van der Waals surface area contributed by atoms with Crippen LogP contribution in [-0.4, -0.2) is 46.5 Å². The highest BCUT2D eigenvalue weighted by molar-refractivity contribution is 5.79. The minimum Gasteiger partial charge on any atom is -0.353 e. The number of carbonyl (C=O) groups is 1. The van der Waals surface area contributed by atoms with Gasteiger partial charge >= 0.3 is 0 Å². The van der Waals surface area contributed by atoms with Crippen LogP contribution in [0.5, 0.6) is 0 Å². The summed E-state index contributed by atoms with van der Waals surface area (Å²) < 4.78 is 1.97. The molecule has 5 nitrogen and oxygen atoms in total. The lowest BCUT2D eigenvalue weighted by atomic mass is 10.2. The summed E-state index contributed by atoms with van der Waals surface area (Å²) in [5.74, 6) is 1.36. The van der Waals surface area contributed by atoms with E-state index in [1.807, 2.05) is 17.7 Å². The Kier molecular flexibility index (Phi) is 5.17. The second kappa shape index (κ2) is 6.88. The zero-order valence-corrected chi connectivity index (χ0v) is 12.8. The molecular formula is C15H26N4O. The van der Waals surface area contributed by atoms with Gasteiger partial charge in [0.25, 0.3) is 0 Å². The second-order valence-electron chi connectivity index (χ2n) is 5.86. The Morgan fingerprint density at radius 3 is 2.70 bits per heavy atom. The van der Waals surface area contributed by atoms with E-state index < -0.39 is 0 Å². The van der Waals surface area contributed by atoms with Gasteiger partial charge in [-0.3, -0.25) is 4.79 Å². The number of hydrogen-bond donors (Lipinski definition) is 1. The van der Waals surface area contributed by atoms with Crippen molar-refractivity contribution in [3.8, 4) is 0 Å². The van der Waals surface area contributed by atoms with Gasteiger partial charge in [-0.25, -0.2) is 4.98 Å². The predicted octanol–water partition coefficient (Wildman–Crippen LogP) is 1.78. The molecule has 0 spiro atoms. The summed E-state index contributed by atoms with van der Waals surface area (Å²) in [6.45, 7) is 10.1. The highest BCUT2D eigenvalue weighted by Gasteiger charge is 2.19. The molecule has 1 amide bonds. The average Bonchev–Trinajstić information content (AvgIpc) is 3.08. The van der Waals surface area contributed by atoms with Gasteiger partial charge in [0.1, 0.15) is 11.9 Å². The lowest BCUT2D eigenvalue weighted by molar-refractivity contribution is -0.123. The van der Waals surface area contributed by atoms with Crippen LogP contribution in [0.15, 0.2) is 12.4 Å². The lowest BCUT2D eigenvalue weighted by Crippen LogP contribution is -2.37. The number of imidazole rings is 1. The van der Waals surface area contributed by atoms with E-state index in [-0.39, 0.29) is 11.9 Å². The Balaban J connectivity index is 1.83. The molecule has 1 aliphatic heterocycles. The van der Waals surface area contributed by atoms with Crippen molar-refractivity contribution in [2.24, 2.45) is 0 Å². The summed E-state index contributed by atoms with van der Waals surface area (Å²) in [7, 11) is 0. The van der Waals surface area contributed by atoms with Crippen molar-refractivity contribution >= 4 is 5.91 Å². The number of likely N-dealkylation sites (tertiary alicyclic amines) is 1. The van der Waals surface area contributed by atoms with Gasteiger partial charge < -0.3 is 14.8 Å². The van der Waals surface area contributed by atoms with Gasteiger partial charge in [-0.2, -0.15) is 0 Å². The van der Waals surface area contributed by atoms with Crippen LogP contribution in [0, 0.1) is 0 Å². The molecule has 1 aliphatic rings. The number of carbonyl (C=O) groups excluding carboxylic acids is 1. The summed E-state index contributed by atoms with van der Waals surface area (Å²) in [6, 6.07) is -0.200. The van der Waals surface area contributed by atoms with Crippen molar-refractivity contribution in [1.82, 2.24) is 19.8 Å². The van der Waals surface area contributed by atoms with Crippen molar-refractivity contribution in [2.45, 2.75) is 45.6 Å². The molecule has 112 valence electrons. The van der Waals surface area contributed by atoms with E-state index in [2.05, 4.69) is 29.0 Å². The Hall–Kier alpha value is -1.36. The molecule has 0 aromatic carbocycles. The number of nitrogens with one attached hydrogen (secondary N) is 1. The number of hydrogen-bond acceptors (Lipinski definition) is 3. The molecule has 0 saturated carbocycles. The molecule has 1 aromatic rings. The molecular weight excluding hydrogens is 252 g/mol. The van der Waals surface area contributed by atoms with Crippen molar-refractivity contribution in [3.63, 3.8) is 0 Å². The van der Waals surface area contributed by atoms with Gasteiger partial charge in [0.05, 0.1) is 0 Å². The van der Waals surface area contributed by atoms with Crippen LogP contribution < -0.4 is 5.32 Å². The van der Waals surface area contributed by atoms with Gasteiger partial charge in [0, 0.05) is 31.4 Å². The van der Waals surface area contributed by atoms with E-state index in [4.69, 9.17) is 0 Å². The number of aromatic nitrogens is 2. The normalized spacial score (nSPS) is 17.6. The first-order chi connectivity index (χ1) is 9.59. The Morgan fingerprint density at radius 2 is 2.05 bits per heavy atom. The van der Waals surface area contributed by atoms with Gasteiger partial charge in [-0.05, 0) is 32.9 Å². The Bertz CT molecular complexity index is 435. The maximum atomic E-state index is 12.2. The maximum Gasteiger partial charge on any atom is 0.242 e.